The van der Waals surface area contributed by atoms with E-state index in [1.807, 2.05) is 25.1 Å². The highest BCUT2D eigenvalue weighted by Gasteiger charge is 2.18. The number of hydrogen-bond donors (Lipinski definition) is 0. The first-order chi connectivity index (χ1) is 12.2. The Morgan fingerprint density at radius 2 is 2.12 bits per heavy atom. The average Bonchev–Trinajstić information content (AvgIpc) is 2.62. The minimum atomic E-state index is -0.0318. The van der Waals surface area contributed by atoms with E-state index in [1.165, 1.54) is 11.3 Å². The number of rotatable bonds is 3. The molecule has 0 aliphatic carbocycles. The zero-order chi connectivity index (χ0) is 17.4. The van der Waals surface area contributed by atoms with Gasteiger partial charge in [-0.1, -0.05) is 6.07 Å². The van der Waals surface area contributed by atoms with Crippen molar-refractivity contribution in [1.29, 1.82) is 0 Å². The third-order valence-electron chi connectivity index (χ3n) is 4.79. The van der Waals surface area contributed by atoms with Gasteiger partial charge >= 0.3 is 0 Å². The van der Waals surface area contributed by atoms with E-state index >= 15 is 0 Å². The Hall–Kier alpha value is -2.82. The minimum Gasteiger partial charge on any atom is -0.497 e. The zero-order valence-electron chi connectivity index (χ0n) is 14.5. The molecule has 1 aliphatic rings. The summed E-state index contributed by atoms with van der Waals surface area (Å²) in [5.41, 5.74) is 5.01. The molecule has 128 valence electrons. The van der Waals surface area contributed by atoms with Gasteiger partial charge in [-0.15, -0.1) is 0 Å². The molecular formula is C20H21N3O2. The van der Waals surface area contributed by atoms with Gasteiger partial charge in [0.05, 0.1) is 19.3 Å². The first-order valence-electron chi connectivity index (χ1n) is 8.55. The van der Waals surface area contributed by atoms with Gasteiger partial charge in [0.2, 0.25) is 0 Å². The lowest BCUT2D eigenvalue weighted by molar-refractivity contribution is 0.414. The molecule has 0 saturated carbocycles. The molecule has 1 aromatic carbocycles. The van der Waals surface area contributed by atoms with Crippen LogP contribution in [0.5, 0.6) is 5.75 Å². The Labute approximate surface area is 146 Å². The minimum absolute atomic E-state index is 0.0318. The van der Waals surface area contributed by atoms with E-state index in [2.05, 4.69) is 17.0 Å². The molecule has 0 atom stereocenters. The first kappa shape index (κ1) is 15.7. The Morgan fingerprint density at radius 3 is 2.96 bits per heavy atom. The fourth-order valence-corrected chi connectivity index (χ4v) is 3.53. The summed E-state index contributed by atoms with van der Waals surface area (Å²) in [5.74, 6) is 0.887. The molecule has 0 spiro atoms. The molecule has 4 rings (SSSR count). The summed E-state index contributed by atoms with van der Waals surface area (Å²) in [7, 11) is 1.69. The molecule has 3 heterocycles. The van der Waals surface area contributed by atoms with Crippen molar-refractivity contribution in [3.63, 3.8) is 0 Å². The summed E-state index contributed by atoms with van der Waals surface area (Å²) < 4.78 is 6.94. The fourth-order valence-electron chi connectivity index (χ4n) is 3.53. The number of aromatic nitrogens is 2. The van der Waals surface area contributed by atoms with Crippen LogP contribution in [0.15, 0.2) is 47.4 Å². The summed E-state index contributed by atoms with van der Waals surface area (Å²) in [6.07, 6.45) is 3.91. The molecule has 5 heteroatoms. The molecular weight excluding hydrogens is 314 g/mol. The van der Waals surface area contributed by atoms with Crippen molar-refractivity contribution in [1.82, 2.24) is 9.38 Å². The van der Waals surface area contributed by atoms with Gasteiger partial charge in [0.1, 0.15) is 11.4 Å². The zero-order valence-corrected chi connectivity index (χ0v) is 14.5. The number of hydrogen-bond acceptors (Lipinski definition) is 4. The maximum Gasteiger partial charge on any atom is 0.258 e. The first-order valence-corrected chi connectivity index (χ1v) is 8.55. The van der Waals surface area contributed by atoms with Crippen molar-refractivity contribution in [3.05, 3.63) is 69.8 Å². The van der Waals surface area contributed by atoms with Gasteiger partial charge < -0.3 is 9.64 Å². The lowest BCUT2D eigenvalue weighted by Gasteiger charge is -2.31. The molecule has 0 bridgehead atoms. The maximum absolute atomic E-state index is 12.4. The molecule has 0 N–H and O–H groups in total. The number of pyridine rings is 1. The number of fused-ring (bicyclic) bond motifs is 2. The summed E-state index contributed by atoms with van der Waals surface area (Å²) in [5, 5.41) is 0. The Bertz CT molecular complexity index is 994. The van der Waals surface area contributed by atoms with Gasteiger partial charge in [-0.3, -0.25) is 9.20 Å². The van der Waals surface area contributed by atoms with Crippen LogP contribution < -0.4 is 15.2 Å². The predicted molar refractivity (Wildman–Crippen MR) is 98.6 cm³/mol. The van der Waals surface area contributed by atoms with Crippen LogP contribution in [0.25, 0.3) is 5.65 Å². The molecule has 0 amide bonds. The van der Waals surface area contributed by atoms with Crippen molar-refractivity contribution in [2.45, 2.75) is 26.3 Å². The molecule has 0 unspecified atom stereocenters. The SMILES string of the molecule is COc1ccc2c(c1)CCCN2Cc1cc(=O)n2cccc(C)c2n1. The topological polar surface area (TPSA) is 46.8 Å². The normalized spacial score (nSPS) is 13.8. The van der Waals surface area contributed by atoms with Gasteiger partial charge in [-0.05, 0) is 55.2 Å². The lowest BCUT2D eigenvalue weighted by atomic mass is 10.0. The number of aryl methyl sites for hydroxylation is 2. The van der Waals surface area contributed by atoms with Crippen molar-refractivity contribution in [2.24, 2.45) is 0 Å². The van der Waals surface area contributed by atoms with Crippen molar-refractivity contribution in [2.75, 3.05) is 18.6 Å². The second kappa shape index (κ2) is 6.24. The molecule has 2 aromatic heterocycles. The highest BCUT2D eigenvalue weighted by Crippen LogP contribution is 2.31. The molecule has 0 fully saturated rings. The van der Waals surface area contributed by atoms with Crippen molar-refractivity contribution < 1.29 is 4.74 Å². The quantitative estimate of drug-likeness (QED) is 0.738. The van der Waals surface area contributed by atoms with Crippen LogP contribution >= 0.6 is 0 Å². The number of ether oxygens (including phenoxy) is 1. The number of anilines is 1. The van der Waals surface area contributed by atoms with Crippen LogP contribution in [0.1, 0.15) is 23.2 Å². The van der Waals surface area contributed by atoms with Crippen LogP contribution in [0.2, 0.25) is 0 Å². The molecule has 0 saturated heterocycles. The van der Waals surface area contributed by atoms with Crippen LogP contribution in [0.3, 0.4) is 0 Å². The molecule has 0 radical (unpaired) electrons. The average molecular weight is 335 g/mol. The van der Waals surface area contributed by atoms with Crippen LogP contribution in [0, 0.1) is 6.92 Å². The second-order valence-electron chi connectivity index (χ2n) is 6.49. The van der Waals surface area contributed by atoms with E-state index in [0.29, 0.717) is 6.54 Å². The second-order valence-corrected chi connectivity index (χ2v) is 6.49. The highest BCUT2D eigenvalue weighted by atomic mass is 16.5. The third-order valence-corrected chi connectivity index (χ3v) is 4.79. The Morgan fingerprint density at radius 1 is 1.24 bits per heavy atom. The Balaban J connectivity index is 1.71. The van der Waals surface area contributed by atoms with E-state index in [9.17, 15) is 4.79 Å². The summed E-state index contributed by atoms with van der Waals surface area (Å²) in [6.45, 7) is 3.58. The van der Waals surface area contributed by atoms with Gasteiger partial charge in [-0.2, -0.15) is 0 Å². The van der Waals surface area contributed by atoms with E-state index in [1.54, 1.807) is 23.8 Å². The van der Waals surface area contributed by atoms with Gasteiger partial charge in [0.15, 0.2) is 0 Å². The number of benzene rings is 1. The highest BCUT2D eigenvalue weighted by molar-refractivity contribution is 5.58. The third kappa shape index (κ3) is 2.86. The summed E-state index contributed by atoms with van der Waals surface area (Å²) in [4.78, 5) is 19.4. The van der Waals surface area contributed by atoms with Crippen LogP contribution in [-0.2, 0) is 13.0 Å². The molecule has 3 aromatic rings. The van der Waals surface area contributed by atoms with E-state index in [0.717, 1.165) is 42.0 Å². The van der Waals surface area contributed by atoms with Crippen molar-refractivity contribution >= 4 is 11.3 Å². The van der Waals surface area contributed by atoms with Crippen LogP contribution in [-0.4, -0.2) is 23.0 Å². The van der Waals surface area contributed by atoms with E-state index < -0.39 is 0 Å². The molecule has 5 nitrogen and oxygen atoms in total. The molecule has 25 heavy (non-hydrogen) atoms. The lowest BCUT2D eigenvalue weighted by Crippen LogP contribution is -2.30. The largest absolute Gasteiger partial charge is 0.497 e. The smallest absolute Gasteiger partial charge is 0.258 e. The predicted octanol–water partition coefficient (Wildman–Crippen LogP) is 2.96. The monoisotopic (exact) mass is 335 g/mol. The number of methoxy groups -OCH3 is 1. The summed E-state index contributed by atoms with van der Waals surface area (Å²) in [6, 6.07) is 11.7. The van der Waals surface area contributed by atoms with Gasteiger partial charge in [-0.25, -0.2) is 4.98 Å². The van der Waals surface area contributed by atoms with Crippen LogP contribution in [0.4, 0.5) is 5.69 Å². The van der Waals surface area contributed by atoms with Crippen molar-refractivity contribution in [3.8, 4) is 5.75 Å². The maximum atomic E-state index is 12.4. The summed E-state index contributed by atoms with van der Waals surface area (Å²) >= 11 is 0. The standard InChI is InChI=1S/C20H21N3O2/c1-14-5-3-10-23-19(24)12-16(21-20(14)23)13-22-9-4-6-15-11-17(25-2)7-8-18(15)22/h3,5,7-8,10-12H,4,6,9,13H2,1-2H3. The van der Waals surface area contributed by atoms with Gasteiger partial charge in [0.25, 0.3) is 5.56 Å². The molecule has 1 aliphatic heterocycles. The fraction of sp³-hybridized carbons (Fsp3) is 0.300. The Kier molecular flexibility index (Phi) is 3.92. The van der Waals surface area contributed by atoms with Gasteiger partial charge in [0, 0.05) is 24.5 Å². The number of nitrogens with zero attached hydrogens (tertiary/aromatic N) is 3. The van der Waals surface area contributed by atoms with E-state index in [4.69, 9.17) is 9.72 Å². The van der Waals surface area contributed by atoms with E-state index in [-0.39, 0.29) is 5.56 Å².